The van der Waals surface area contributed by atoms with E-state index in [1.54, 1.807) is 0 Å². The fourth-order valence-corrected chi connectivity index (χ4v) is 1.75. The first-order valence-corrected chi connectivity index (χ1v) is 5.30. The Labute approximate surface area is 105 Å². The van der Waals surface area contributed by atoms with Crippen molar-refractivity contribution >= 4 is 11.6 Å². The Kier molecular flexibility index (Phi) is 3.30. The first-order chi connectivity index (χ1) is 8.38. The highest BCUT2D eigenvalue weighted by atomic mass is 35.5. The molecule has 2 nitrogen and oxygen atoms in total. The molecule has 0 aliphatic heterocycles. The summed E-state index contributed by atoms with van der Waals surface area (Å²) in [5.74, 6) is -0.451. The van der Waals surface area contributed by atoms with Gasteiger partial charge in [-0.15, -0.1) is 0 Å². The lowest BCUT2D eigenvalue weighted by Gasteiger charge is -2.07. The fourth-order valence-electron chi connectivity index (χ4n) is 1.55. The normalized spacial score (nSPS) is 11.8. The van der Waals surface area contributed by atoms with Crippen molar-refractivity contribution in [3.8, 4) is 0 Å². The van der Waals surface area contributed by atoms with Crippen LogP contribution in [0.2, 0.25) is 5.15 Å². The summed E-state index contributed by atoms with van der Waals surface area (Å²) in [5, 5.41) is 4.98. The van der Waals surface area contributed by atoms with Gasteiger partial charge in [-0.1, -0.05) is 23.7 Å². The number of H-pyrrole nitrogens is 1. The summed E-state index contributed by atoms with van der Waals surface area (Å²) in [7, 11) is 0. The molecule has 96 valence electrons. The second-order valence-electron chi connectivity index (χ2n) is 3.67. The quantitative estimate of drug-likeness (QED) is 0.832. The average molecular weight is 279 g/mol. The summed E-state index contributed by atoms with van der Waals surface area (Å²) >= 11 is 5.62. The minimum atomic E-state index is -4.55. The predicted molar refractivity (Wildman–Crippen MR) is 57.8 cm³/mol. The van der Waals surface area contributed by atoms with Gasteiger partial charge in [-0.3, -0.25) is 5.10 Å². The molecule has 18 heavy (non-hydrogen) atoms. The molecule has 2 aromatic rings. The van der Waals surface area contributed by atoms with Crippen LogP contribution in [0.5, 0.6) is 0 Å². The largest absolute Gasteiger partial charge is 0.433 e. The van der Waals surface area contributed by atoms with E-state index in [1.165, 1.54) is 24.3 Å². The van der Waals surface area contributed by atoms with Gasteiger partial charge in [0.05, 0.1) is 0 Å². The molecule has 0 spiro atoms. The van der Waals surface area contributed by atoms with E-state index in [4.69, 9.17) is 11.6 Å². The minimum Gasteiger partial charge on any atom is -0.272 e. The van der Waals surface area contributed by atoms with Gasteiger partial charge in [-0.05, 0) is 17.7 Å². The smallest absolute Gasteiger partial charge is 0.272 e. The third-order valence-corrected chi connectivity index (χ3v) is 2.71. The second-order valence-corrected chi connectivity index (χ2v) is 4.03. The minimum absolute atomic E-state index is 0.0650. The molecule has 0 saturated carbocycles. The van der Waals surface area contributed by atoms with E-state index in [0.29, 0.717) is 5.56 Å². The van der Waals surface area contributed by atoms with E-state index in [2.05, 4.69) is 5.10 Å². The highest BCUT2D eigenvalue weighted by Crippen LogP contribution is 2.34. The third-order valence-electron chi connectivity index (χ3n) is 2.39. The van der Waals surface area contributed by atoms with E-state index in [9.17, 15) is 17.6 Å². The summed E-state index contributed by atoms with van der Waals surface area (Å²) in [6.07, 6.45) is -4.61. The molecule has 0 amide bonds. The van der Waals surface area contributed by atoms with Crippen LogP contribution in [0.25, 0.3) is 0 Å². The molecular weight excluding hydrogens is 272 g/mol. The summed E-state index contributed by atoms with van der Waals surface area (Å²) in [6.45, 7) is 0. The number of nitrogens with zero attached hydrogens (tertiary/aromatic N) is 1. The number of nitrogens with one attached hydrogen (secondary N) is 1. The van der Waals surface area contributed by atoms with Crippen LogP contribution in [0.3, 0.4) is 0 Å². The Hall–Kier alpha value is -1.56. The highest BCUT2D eigenvalue weighted by molar-refractivity contribution is 6.30. The summed E-state index contributed by atoms with van der Waals surface area (Å²) in [6, 6.07) is 5.16. The van der Waals surface area contributed by atoms with Gasteiger partial charge in [0.15, 0.2) is 5.15 Å². The van der Waals surface area contributed by atoms with Gasteiger partial charge in [-0.25, -0.2) is 4.39 Å². The topological polar surface area (TPSA) is 28.7 Å². The standard InChI is InChI=1S/C11H7ClF4N2/c12-10-8(9(17-18-10)11(14,15)16)5-6-1-3-7(13)4-2-6/h1-4H,5H2,(H,17,18). The van der Waals surface area contributed by atoms with Crippen LogP contribution in [0, 0.1) is 5.82 Å². The molecular formula is C11H7ClF4N2. The van der Waals surface area contributed by atoms with Crippen LogP contribution in [0.1, 0.15) is 16.8 Å². The van der Waals surface area contributed by atoms with Crippen molar-refractivity contribution in [3.63, 3.8) is 0 Å². The zero-order chi connectivity index (χ0) is 13.3. The van der Waals surface area contributed by atoms with Crippen molar-refractivity contribution in [2.75, 3.05) is 0 Å². The number of aromatic amines is 1. The van der Waals surface area contributed by atoms with Crippen molar-refractivity contribution < 1.29 is 17.6 Å². The van der Waals surface area contributed by atoms with Gasteiger partial charge in [0.25, 0.3) is 0 Å². The molecule has 0 aliphatic carbocycles. The van der Waals surface area contributed by atoms with Gasteiger partial charge >= 0.3 is 6.18 Å². The SMILES string of the molecule is Fc1ccc(Cc2c(Cl)n[nH]c2C(F)(F)F)cc1. The molecule has 1 heterocycles. The lowest BCUT2D eigenvalue weighted by atomic mass is 10.1. The molecule has 2 rings (SSSR count). The monoisotopic (exact) mass is 278 g/mol. The first kappa shape index (κ1) is 12.9. The summed E-state index contributed by atoms with van der Waals surface area (Å²) < 4.78 is 50.6. The maximum atomic E-state index is 12.7. The fraction of sp³-hybridized carbons (Fsp3) is 0.182. The second kappa shape index (κ2) is 4.61. The highest BCUT2D eigenvalue weighted by Gasteiger charge is 2.36. The van der Waals surface area contributed by atoms with Crippen molar-refractivity contribution in [3.05, 3.63) is 52.1 Å². The Morgan fingerprint density at radius 1 is 1.17 bits per heavy atom. The summed E-state index contributed by atoms with van der Waals surface area (Å²) in [4.78, 5) is 0. The van der Waals surface area contributed by atoms with Gasteiger partial charge in [0, 0.05) is 12.0 Å². The van der Waals surface area contributed by atoms with E-state index in [-0.39, 0.29) is 17.1 Å². The van der Waals surface area contributed by atoms with Crippen molar-refractivity contribution in [1.29, 1.82) is 0 Å². The molecule has 0 unspecified atom stereocenters. The van der Waals surface area contributed by atoms with Crippen LogP contribution in [0.4, 0.5) is 17.6 Å². The molecule has 0 fully saturated rings. The molecule has 0 saturated heterocycles. The molecule has 0 bridgehead atoms. The predicted octanol–water partition coefficient (Wildman–Crippen LogP) is 3.81. The molecule has 7 heteroatoms. The van der Waals surface area contributed by atoms with Crippen LogP contribution >= 0.6 is 11.6 Å². The lowest BCUT2D eigenvalue weighted by molar-refractivity contribution is -0.141. The van der Waals surface area contributed by atoms with E-state index in [1.807, 2.05) is 5.10 Å². The van der Waals surface area contributed by atoms with Gasteiger partial charge in [0.2, 0.25) is 0 Å². The summed E-state index contributed by atoms with van der Waals surface area (Å²) in [5.41, 5.74) is -0.599. The van der Waals surface area contributed by atoms with E-state index < -0.39 is 17.7 Å². The molecule has 0 atom stereocenters. The molecule has 0 aliphatic rings. The maximum absolute atomic E-state index is 12.7. The zero-order valence-corrected chi connectivity index (χ0v) is 9.61. The van der Waals surface area contributed by atoms with E-state index >= 15 is 0 Å². The van der Waals surface area contributed by atoms with E-state index in [0.717, 1.165) is 0 Å². The number of hydrogen-bond acceptors (Lipinski definition) is 1. The van der Waals surface area contributed by atoms with Gasteiger partial charge in [0.1, 0.15) is 11.5 Å². The first-order valence-electron chi connectivity index (χ1n) is 4.92. The average Bonchev–Trinajstić information content (AvgIpc) is 2.63. The van der Waals surface area contributed by atoms with Gasteiger partial charge in [-0.2, -0.15) is 18.3 Å². The number of alkyl halides is 3. The van der Waals surface area contributed by atoms with Crippen molar-refractivity contribution in [1.82, 2.24) is 10.2 Å². The Balaban J connectivity index is 2.34. The molecule has 0 radical (unpaired) electrons. The Morgan fingerprint density at radius 2 is 1.78 bits per heavy atom. The van der Waals surface area contributed by atoms with Gasteiger partial charge < -0.3 is 0 Å². The maximum Gasteiger partial charge on any atom is 0.433 e. The van der Waals surface area contributed by atoms with Crippen LogP contribution in [-0.2, 0) is 12.6 Å². The number of halogens is 5. The van der Waals surface area contributed by atoms with Crippen molar-refractivity contribution in [2.24, 2.45) is 0 Å². The number of rotatable bonds is 2. The number of aromatic nitrogens is 2. The van der Waals surface area contributed by atoms with Crippen LogP contribution < -0.4 is 0 Å². The lowest BCUT2D eigenvalue weighted by Crippen LogP contribution is -2.09. The van der Waals surface area contributed by atoms with Crippen LogP contribution in [0.15, 0.2) is 24.3 Å². The third kappa shape index (κ3) is 2.64. The Morgan fingerprint density at radius 3 is 2.33 bits per heavy atom. The zero-order valence-electron chi connectivity index (χ0n) is 8.85. The number of hydrogen-bond donors (Lipinski definition) is 1. The van der Waals surface area contributed by atoms with Crippen LogP contribution in [-0.4, -0.2) is 10.2 Å². The molecule has 1 aromatic carbocycles. The molecule has 1 aromatic heterocycles. The Bertz CT molecular complexity index is 545. The number of benzene rings is 1. The van der Waals surface area contributed by atoms with Crippen molar-refractivity contribution in [2.45, 2.75) is 12.6 Å². The molecule has 1 N–H and O–H groups in total.